The lowest BCUT2D eigenvalue weighted by atomic mass is 10.0. The highest BCUT2D eigenvalue weighted by Crippen LogP contribution is 2.23. The molecule has 1 unspecified atom stereocenters. The topological polar surface area (TPSA) is 85.5 Å². The van der Waals surface area contributed by atoms with E-state index >= 15 is 0 Å². The maximum absolute atomic E-state index is 10.5. The summed E-state index contributed by atoms with van der Waals surface area (Å²) in [6.07, 6.45) is 0.546. The summed E-state index contributed by atoms with van der Waals surface area (Å²) in [5.74, 6) is -0.0164. The minimum atomic E-state index is -0.825. The van der Waals surface area contributed by atoms with Crippen molar-refractivity contribution in [1.82, 2.24) is 10.2 Å². The number of aliphatic carboxylic acids is 1. The molecule has 1 atom stereocenters. The third-order valence-corrected chi connectivity index (χ3v) is 2.54. The first kappa shape index (κ1) is 13.6. The Hall–Kier alpha value is -1.43. The van der Waals surface area contributed by atoms with E-state index in [1.54, 1.807) is 7.11 Å². The molecule has 0 spiro atoms. The molecule has 17 heavy (non-hydrogen) atoms. The van der Waals surface area contributed by atoms with Crippen LogP contribution in [0.3, 0.4) is 0 Å². The summed E-state index contributed by atoms with van der Waals surface area (Å²) in [5, 5.41) is 16.4. The number of hydrogen-bond donors (Lipinski definition) is 1. The molecule has 0 saturated heterocycles. The fourth-order valence-corrected chi connectivity index (χ4v) is 1.34. The van der Waals surface area contributed by atoms with Gasteiger partial charge in [0.25, 0.3) is 0 Å². The molecule has 1 aromatic rings. The van der Waals surface area contributed by atoms with E-state index in [9.17, 15) is 4.79 Å². The average Bonchev–Trinajstić information content (AvgIpc) is 2.65. The fourth-order valence-electron chi connectivity index (χ4n) is 1.34. The van der Waals surface area contributed by atoms with Crippen molar-refractivity contribution in [2.45, 2.75) is 39.2 Å². The Morgan fingerprint density at radius 3 is 2.71 bits per heavy atom. The summed E-state index contributed by atoms with van der Waals surface area (Å²) in [4.78, 5) is 10.5. The van der Waals surface area contributed by atoms with Crippen LogP contribution in [-0.4, -0.2) is 28.4 Å². The number of nitrogens with zero attached hydrogens (tertiary/aromatic N) is 2. The maximum atomic E-state index is 10.5. The van der Waals surface area contributed by atoms with Crippen molar-refractivity contribution < 1.29 is 19.1 Å². The fraction of sp³-hybridized carbons (Fsp3) is 0.727. The predicted molar refractivity (Wildman–Crippen MR) is 59.5 cm³/mol. The SMILES string of the molecule is COC(C)(C)c1nnc(CC(C)CC(=O)O)o1. The van der Waals surface area contributed by atoms with Crippen molar-refractivity contribution in [2.24, 2.45) is 5.92 Å². The lowest BCUT2D eigenvalue weighted by Gasteiger charge is -2.17. The molecular weight excluding hydrogens is 224 g/mol. The number of rotatable bonds is 6. The number of ether oxygens (including phenoxy) is 1. The molecule has 0 fully saturated rings. The van der Waals surface area contributed by atoms with Gasteiger partial charge in [0.1, 0.15) is 5.60 Å². The number of hydrogen-bond acceptors (Lipinski definition) is 5. The van der Waals surface area contributed by atoms with E-state index in [1.807, 2.05) is 20.8 Å². The summed E-state index contributed by atoms with van der Waals surface area (Å²) in [5.41, 5.74) is -0.624. The highest BCUT2D eigenvalue weighted by Gasteiger charge is 2.27. The highest BCUT2D eigenvalue weighted by molar-refractivity contribution is 5.66. The molecule has 1 aromatic heterocycles. The summed E-state index contributed by atoms with van der Waals surface area (Å²) < 4.78 is 10.7. The third kappa shape index (κ3) is 3.81. The van der Waals surface area contributed by atoms with E-state index in [0.29, 0.717) is 18.2 Å². The number of carboxylic acids is 1. The Kier molecular flexibility index (Phi) is 4.22. The second-order valence-corrected chi connectivity index (χ2v) is 4.62. The minimum Gasteiger partial charge on any atom is -0.481 e. The van der Waals surface area contributed by atoms with Gasteiger partial charge in [0.2, 0.25) is 11.8 Å². The molecule has 0 aliphatic carbocycles. The number of aromatic nitrogens is 2. The molecule has 6 nitrogen and oxygen atoms in total. The zero-order chi connectivity index (χ0) is 13.1. The van der Waals surface area contributed by atoms with Gasteiger partial charge in [0, 0.05) is 20.0 Å². The van der Waals surface area contributed by atoms with Crippen LogP contribution in [0.15, 0.2) is 4.42 Å². The van der Waals surface area contributed by atoms with Crippen LogP contribution in [0.25, 0.3) is 0 Å². The second-order valence-electron chi connectivity index (χ2n) is 4.62. The molecule has 1 rings (SSSR count). The van der Waals surface area contributed by atoms with E-state index < -0.39 is 11.6 Å². The van der Waals surface area contributed by atoms with E-state index in [1.165, 1.54) is 0 Å². The molecule has 1 N–H and O–H groups in total. The molecule has 0 bridgehead atoms. The minimum absolute atomic E-state index is 0.0357. The highest BCUT2D eigenvalue weighted by atomic mass is 16.5. The van der Waals surface area contributed by atoms with Crippen LogP contribution >= 0.6 is 0 Å². The zero-order valence-corrected chi connectivity index (χ0v) is 10.6. The van der Waals surface area contributed by atoms with E-state index in [2.05, 4.69) is 10.2 Å². The van der Waals surface area contributed by atoms with Crippen molar-refractivity contribution in [3.63, 3.8) is 0 Å². The largest absolute Gasteiger partial charge is 0.481 e. The zero-order valence-electron chi connectivity index (χ0n) is 10.6. The van der Waals surface area contributed by atoms with Gasteiger partial charge in [-0.1, -0.05) is 6.92 Å². The first-order chi connectivity index (χ1) is 7.85. The molecule has 0 saturated carbocycles. The molecular formula is C11H18N2O4. The van der Waals surface area contributed by atoms with Crippen molar-refractivity contribution in [1.29, 1.82) is 0 Å². The van der Waals surface area contributed by atoms with E-state index in [0.717, 1.165) is 0 Å². The quantitative estimate of drug-likeness (QED) is 0.815. The molecule has 0 aromatic carbocycles. The van der Waals surface area contributed by atoms with Crippen LogP contribution in [0.1, 0.15) is 39.0 Å². The van der Waals surface area contributed by atoms with Crippen LogP contribution in [0.2, 0.25) is 0 Å². The standard InChI is InChI=1S/C11H18N2O4/c1-7(6-9(14)15)5-8-12-13-10(17-8)11(2,3)16-4/h7H,5-6H2,1-4H3,(H,14,15). The predicted octanol–water partition coefficient (Wildman–Crippen LogP) is 1.60. The van der Waals surface area contributed by atoms with Gasteiger partial charge in [-0.2, -0.15) is 0 Å². The normalized spacial score (nSPS) is 13.6. The summed E-state index contributed by atoms with van der Waals surface area (Å²) in [6, 6.07) is 0. The second kappa shape index (κ2) is 5.27. The van der Waals surface area contributed by atoms with Gasteiger partial charge in [-0.05, 0) is 19.8 Å². The number of methoxy groups -OCH3 is 1. The Labute approximate surface area is 100.0 Å². The summed E-state index contributed by atoms with van der Waals surface area (Å²) in [7, 11) is 1.57. The van der Waals surface area contributed by atoms with Crippen molar-refractivity contribution in [2.75, 3.05) is 7.11 Å². The Balaban J connectivity index is 2.66. The summed E-state index contributed by atoms with van der Waals surface area (Å²) in [6.45, 7) is 5.48. The van der Waals surface area contributed by atoms with Crippen LogP contribution in [0, 0.1) is 5.92 Å². The number of carboxylic acid groups (broad SMARTS) is 1. The monoisotopic (exact) mass is 242 g/mol. The van der Waals surface area contributed by atoms with Gasteiger partial charge in [0.05, 0.1) is 0 Å². The van der Waals surface area contributed by atoms with Crippen molar-refractivity contribution in [3.8, 4) is 0 Å². The molecule has 6 heteroatoms. The first-order valence-electron chi connectivity index (χ1n) is 5.45. The molecule has 0 aliphatic heterocycles. The van der Waals surface area contributed by atoms with E-state index in [-0.39, 0.29) is 12.3 Å². The molecule has 0 aliphatic rings. The summed E-state index contributed by atoms with van der Waals surface area (Å²) >= 11 is 0. The molecule has 1 heterocycles. The lowest BCUT2D eigenvalue weighted by molar-refractivity contribution is -0.137. The first-order valence-corrected chi connectivity index (χ1v) is 5.45. The Bertz CT molecular complexity index is 387. The van der Waals surface area contributed by atoms with Crippen molar-refractivity contribution in [3.05, 3.63) is 11.8 Å². The molecule has 96 valence electrons. The van der Waals surface area contributed by atoms with Gasteiger partial charge in [-0.3, -0.25) is 4.79 Å². The number of carbonyl (C=O) groups is 1. The van der Waals surface area contributed by atoms with Gasteiger partial charge >= 0.3 is 5.97 Å². The van der Waals surface area contributed by atoms with Crippen LogP contribution in [-0.2, 0) is 21.6 Å². The van der Waals surface area contributed by atoms with Gasteiger partial charge in [-0.15, -0.1) is 10.2 Å². The smallest absolute Gasteiger partial charge is 0.303 e. The van der Waals surface area contributed by atoms with Crippen LogP contribution < -0.4 is 0 Å². The van der Waals surface area contributed by atoms with Crippen molar-refractivity contribution >= 4 is 5.97 Å². The average molecular weight is 242 g/mol. The molecule has 0 amide bonds. The van der Waals surface area contributed by atoms with Gasteiger partial charge in [-0.25, -0.2) is 0 Å². The Morgan fingerprint density at radius 1 is 1.53 bits per heavy atom. The van der Waals surface area contributed by atoms with Crippen LogP contribution in [0.5, 0.6) is 0 Å². The Morgan fingerprint density at radius 2 is 2.18 bits per heavy atom. The lowest BCUT2D eigenvalue weighted by Crippen LogP contribution is -2.19. The third-order valence-electron chi connectivity index (χ3n) is 2.54. The maximum Gasteiger partial charge on any atom is 0.303 e. The van der Waals surface area contributed by atoms with Crippen LogP contribution in [0.4, 0.5) is 0 Å². The van der Waals surface area contributed by atoms with Gasteiger partial charge < -0.3 is 14.3 Å². The molecule has 0 radical (unpaired) electrons. The van der Waals surface area contributed by atoms with E-state index in [4.69, 9.17) is 14.3 Å². The van der Waals surface area contributed by atoms with Gasteiger partial charge in [0.15, 0.2) is 0 Å².